The van der Waals surface area contributed by atoms with Gasteiger partial charge in [0.2, 0.25) is 0 Å². The van der Waals surface area contributed by atoms with Crippen molar-refractivity contribution in [3.05, 3.63) is 41.2 Å². The van der Waals surface area contributed by atoms with Crippen LogP contribution in [0, 0.1) is 17.1 Å². The molecular weight excluding hydrogens is 810 g/mol. The Morgan fingerprint density at radius 2 is 1.70 bits per heavy atom. The molecule has 1 N–H and O–H groups in total. The summed E-state index contributed by atoms with van der Waals surface area (Å²) in [6, 6.07) is 5.62. The lowest BCUT2D eigenvalue weighted by Crippen LogP contribution is -2.57. The standard InChI is InChI=1S/C42H46F5N7O5S/c1-39(2,3)58-37(55)51-35-28(17-48)32-25(10-11-30(44)33(32)60-35)26-15-31-27(14-29(26)42(45,46)47)34(50-36(49-31)57-21-41-12-7-13-53(41)18-22(43)16-41)52-19-23-8-9-24(20-52)54(23)38(56)59-40(4,5)6/h10-11,14-15,22-24H,7-9,12-13,16,18-21H2,1-6H3,(H,51,55)/t22-,23?,24?,41+/m1/s1. The maximum atomic E-state index is 15.5. The maximum absolute atomic E-state index is 15.5. The Morgan fingerprint density at radius 3 is 2.35 bits per heavy atom. The zero-order valence-corrected chi connectivity index (χ0v) is 35.0. The van der Waals surface area contributed by atoms with E-state index < -0.39 is 52.7 Å². The zero-order chi connectivity index (χ0) is 43.1. The number of rotatable bonds is 6. The average molecular weight is 856 g/mol. The van der Waals surface area contributed by atoms with Crippen molar-refractivity contribution < 1.29 is 45.8 Å². The highest BCUT2D eigenvalue weighted by atomic mass is 32.1. The molecule has 320 valence electrons. The Kier molecular flexibility index (Phi) is 10.3. The fourth-order valence-corrected chi connectivity index (χ4v) is 10.3. The van der Waals surface area contributed by atoms with Crippen LogP contribution in [-0.2, 0) is 15.7 Å². The van der Waals surface area contributed by atoms with Crippen molar-refractivity contribution in [3.63, 3.8) is 0 Å². The fourth-order valence-electron chi connectivity index (χ4n) is 9.23. The van der Waals surface area contributed by atoms with Gasteiger partial charge in [0, 0.05) is 36.8 Å². The molecule has 4 saturated heterocycles. The Labute approximate surface area is 347 Å². The Hall–Kier alpha value is -5.02. The molecule has 6 heterocycles. The highest BCUT2D eigenvalue weighted by Gasteiger charge is 2.50. The van der Waals surface area contributed by atoms with Crippen LogP contribution in [0.1, 0.15) is 84.8 Å². The molecule has 4 fully saturated rings. The first-order chi connectivity index (χ1) is 28.1. The Bertz CT molecular complexity index is 2410. The highest BCUT2D eigenvalue weighted by molar-refractivity contribution is 7.23. The van der Waals surface area contributed by atoms with Crippen LogP contribution < -0.4 is 15.0 Å². The summed E-state index contributed by atoms with van der Waals surface area (Å²) in [7, 11) is 0. The number of aromatic nitrogens is 2. The van der Waals surface area contributed by atoms with Crippen LogP contribution >= 0.6 is 11.3 Å². The molecule has 4 aliphatic heterocycles. The van der Waals surface area contributed by atoms with Gasteiger partial charge in [-0.05, 0) is 103 Å². The van der Waals surface area contributed by atoms with Gasteiger partial charge in [-0.25, -0.2) is 18.4 Å². The number of amides is 2. The molecule has 0 aliphatic carbocycles. The van der Waals surface area contributed by atoms with Crippen molar-refractivity contribution in [2.45, 2.75) is 115 Å². The van der Waals surface area contributed by atoms with E-state index in [2.05, 4.69) is 15.2 Å². The monoisotopic (exact) mass is 855 g/mol. The molecule has 12 nitrogen and oxygen atoms in total. The molecule has 4 aromatic rings. The summed E-state index contributed by atoms with van der Waals surface area (Å²) in [5.41, 5.74) is -3.96. The number of carbonyl (C=O) groups is 2. The first-order valence-corrected chi connectivity index (χ1v) is 20.8. The molecule has 18 heteroatoms. The molecule has 4 aliphatic rings. The van der Waals surface area contributed by atoms with E-state index in [0.29, 0.717) is 30.6 Å². The Morgan fingerprint density at radius 1 is 1.00 bits per heavy atom. The minimum absolute atomic E-state index is 0.0605. The lowest BCUT2D eigenvalue weighted by Gasteiger charge is -2.42. The zero-order valence-electron chi connectivity index (χ0n) is 34.1. The topological polar surface area (TPSA) is 133 Å². The molecule has 60 heavy (non-hydrogen) atoms. The first kappa shape index (κ1) is 41.7. The molecule has 2 amide bonds. The third-order valence-electron chi connectivity index (χ3n) is 11.5. The third-order valence-corrected chi connectivity index (χ3v) is 12.6. The number of hydrogen-bond acceptors (Lipinski definition) is 11. The SMILES string of the molecule is CC(C)(C)OC(=O)Nc1sc2c(F)ccc(-c3cc4nc(OC[C@@]56CCCN5C[C@H](F)C6)nc(N5CC6CCC(C5)N6C(=O)OC(C)(C)C)c4cc3C(F)(F)F)c2c1C#N. The van der Waals surface area contributed by atoms with E-state index in [1.807, 2.05) is 11.0 Å². The van der Waals surface area contributed by atoms with Crippen molar-refractivity contribution in [2.24, 2.45) is 0 Å². The minimum Gasteiger partial charge on any atom is -0.461 e. The summed E-state index contributed by atoms with van der Waals surface area (Å²) in [4.78, 5) is 41.1. The van der Waals surface area contributed by atoms with E-state index in [0.717, 1.165) is 25.1 Å². The fraction of sp³-hybridized carbons (Fsp3) is 0.548. The molecule has 2 bridgehead atoms. The smallest absolute Gasteiger partial charge is 0.417 e. The lowest BCUT2D eigenvalue weighted by atomic mass is 9.93. The number of hydrogen-bond donors (Lipinski definition) is 1. The first-order valence-electron chi connectivity index (χ1n) is 20.0. The van der Waals surface area contributed by atoms with Crippen LogP contribution in [0.5, 0.6) is 6.01 Å². The van der Waals surface area contributed by atoms with E-state index in [4.69, 9.17) is 19.2 Å². The van der Waals surface area contributed by atoms with Crippen molar-refractivity contribution in [1.29, 1.82) is 5.26 Å². The van der Waals surface area contributed by atoms with Gasteiger partial charge in [0.1, 0.15) is 46.7 Å². The summed E-state index contributed by atoms with van der Waals surface area (Å²) < 4.78 is 93.6. The van der Waals surface area contributed by atoms with Crippen LogP contribution in [0.15, 0.2) is 24.3 Å². The quantitative estimate of drug-likeness (QED) is 0.187. The van der Waals surface area contributed by atoms with Crippen LogP contribution in [0.25, 0.3) is 32.1 Å². The molecule has 0 spiro atoms. The number of nitriles is 1. The summed E-state index contributed by atoms with van der Waals surface area (Å²) >= 11 is 0.705. The van der Waals surface area contributed by atoms with Gasteiger partial charge in [-0.1, -0.05) is 6.07 Å². The number of ether oxygens (including phenoxy) is 3. The number of carbonyl (C=O) groups excluding carboxylic acids is 2. The Balaban J connectivity index is 1.26. The summed E-state index contributed by atoms with van der Waals surface area (Å²) in [5, 5.41) is 12.7. The lowest BCUT2D eigenvalue weighted by molar-refractivity contribution is -0.137. The van der Waals surface area contributed by atoms with Gasteiger partial charge >= 0.3 is 24.4 Å². The van der Waals surface area contributed by atoms with Crippen molar-refractivity contribution >= 4 is 55.3 Å². The maximum Gasteiger partial charge on any atom is 0.417 e. The number of fused-ring (bicyclic) bond motifs is 5. The second-order valence-electron chi connectivity index (χ2n) is 18.1. The van der Waals surface area contributed by atoms with Crippen molar-refractivity contribution in [3.8, 4) is 23.2 Å². The second kappa shape index (κ2) is 14.9. The van der Waals surface area contributed by atoms with Gasteiger partial charge in [0.05, 0.1) is 39.0 Å². The molecule has 2 aromatic carbocycles. The number of alkyl halides is 4. The molecule has 2 unspecified atom stereocenters. The number of anilines is 2. The predicted molar refractivity (Wildman–Crippen MR) is 216 cm³/mol. The predicted octanol–water partition coefficient (Wildman–Crippen LogP) is 9.43. The van der Waals surface area contributed by atoms with E-state index in [9.17, 15) is 19.2 Å². The highest BCUT2D eigenvalue weighted by Crippen LogP contribution is 2.48. The van der Waals surface area contributed by atoms with E-state index in [-0.39, 0.29) is 99.3 Å². The number of benzene rings is 2. The molecule has 0 radical (unpaired) electrons. The minimum atomic E-state index is -4.96. The molecule has 0 saturated carbocycles. The molecular formula is C42H46F5N7O5S. The normalized spacial score (nSPS) is 23.3. The number of nitrogens with zero attached hydrogens (tertiary/aromatic N) is 6. The summed E-state index contributed by atoms with van der Waals surface area (Å²) in [5.74, 6) is -0.630. The third kappa shape index (κ3) is 7.86. The van der Waals surface area contributed by atoms with Crippen LogP contribution in [0.3, 0.4) is 0 Å². The van der Waals surface area contributed by atoms with E-state index in [1.54, 1.807) is 46.4 Å². The number of nitrogens with one attached hydrogen (secondary N) is 1. The number of thiophene rings is 1. The van der Waals surface area contributed by atoms with Gasteiger partial charge in [0.15, 0.2) is 0 Å². The van der Waals surface area contributed by atoms with Gasteiger partial charge < -0.3 is 19.1 Å². The molecule has 8 rings (SSSR count). The van der Waals surface area contributed by atoms with Crippen molar-refractivity contribution in [2.75, 3.05) is 43.0 Å². The van der Waals surface area contributed by atoms with Gasteiger partial charge in [0.25, 0.3) is 0 Å². The molecule has 2 aromatic heterocycles. The second-order valence-corrected chi connectivity index (χ2v) is 19.1. The van der Waals surface area contributed by atoms with E-state index >= 15 is 17.6 Å². The van der Waals surface area contributed by atoms with E-state index in [1.165, 1.54) is 12.1 Å². The van der Waals surface area contributed by atoms with Gasteiger partial charge in [-0.15, -0.1) is 11.3 Å². The summed E-state index contributed by atoms with van der Waals surface area (Å²) in [6.45, 7) is 11.8. The number of piperazine rings is 1. The largest absolute Gasteiger partial charge is 0.461 e. The summed E-state index contributed by atoms with van der Waals surface area (Å²) in [6.07, 6.45) is -4.22. The molecule has 4 atom stereocenters. The number of halogens is 5. The van der Waals surface area contributed by atoms with Crippen LogP contribution in [-0.4, -0.2) is 99.7 Å². The average Bonchev–Trinajstić information content (AvgIpc) is 3.86. The van der Waals surface area contributed by atoms with Gasteiger partial charge in [-0.3, -0.25) is 15.1 Å². The van der Waals surface area contributed by atoms with Gasteiger partial charge in [-0.2, -0.15) is 28.4 Å². The van der Waals surface area contributed by atoms with Crippen LogP contribution in [0.2, 0.25) is 0 Å². The van der Waals surface area contributed by atoms with Crippen LogP contribution in [0.4, 0.5) is 42.4 Å². The van der Waals surface area contributed by atoms with Crippen molar-refractivity contribution in [1.82, 2.24) is 19.8 Å².